The highest BCUT2D eigenvalue weighted by Crippen LogP contribution is 1.94. The van der Waals surface area contributed by atoms with Crippen LogP contribution in [0.25, 0.3) is 0 Å². The van der Waals surface area contributed by atoms with Gasteiger partial charge in [-0.3, -0.25) is 0 Å². The second-order valence-corrected chi connectivity index (χ2v) is 7.59. The van der Waals surface area contributed by atoms with Crippen molar-refractivity contribution in [3.8, 4) is 0 Å². The van der Waals surface area contributed by atoms with Gasteiger partial charge in [0.2, 0.25) is 9.05 Å². The van der Waals surface area contributed by atoms with E-state index in [4.69, 9.17) is 10.7 Å². The summed E-state index contributed by atoms with van der Waals surface area (Å²) in [5, 5.41) is 0. The predicted molar refractivity (Wildman–Crippen MR) is 61.3 cm³/mol. The Bertz CT molecular complexity index is 457. The molecule has 0 aromatic carbocycles. The van der Waals surface area contributed by atoms with E-state index in [2.05, 4.69) is 4.74 Å². The summed E-state index contributed by atoms with van der Waals surface area (Å²) >= 11 is 0. The molecular formula is C6H13ClN2O6S2. The molecule has 0 saturated carbocycles. The molecule has 0 aromatic rings. The fraction of sp³-hybridized carbons (Fsp3) is 0.833. The Morgan fingerprint density at radius 2 is 1.82 bits per heavy atom. The lowest BCUT2D eigenvalue weighted by molar-refractivity contribution is 0.121. The second kappa shape index (κ2) is 6.38. The SMILES string of the molecule is CC(C)OC(=O)NS(=O)(=O)NCCS(=O)(=O)Cl. The van der Waals surface area contributed by atoms with Crippen molar-refractivity contribution in [1.29, 1.82) is 0 Å². The fourth-order valence-corrected chi connectivity index (χ4v) is 2.10. The monoisotopic (exact) mass is 308 g/mol. The van der Waals surface area contributed by atoms with Crippen LogP contribution in [-0.4, -0.2) is 41.3 Å². The van der Waals surface area contributed by atoms with E-state index in [1.165, 1.54) is 4.72 Å². The molecule has 0 spiro atoms. The van der Waals surface area contributed by atoms with Crippen molar-refractivity contribution < 1.29 is 26.4 Å². The number of amides is 1. The number of hydrogen-bond donors (Lipinski definition) is 2. The summed E-state index contributed by atoms with van der Waals surface area (Å²) in [7, 11) is -3.08. The van der Waals surface area contributed by atoms with Crippen molar-refractivity contribution in [3.63, 3.8) is 0 Å². The first kappa shape index (κ1) is 16.4. The van der Waals surface area contributed by atoms with Gasteiger partial charge in [0.1, 0.15) is 0 Å². The first-order valence-corrected chi connectivity index (χ1v) is 8.38. The molecule has 8 nitrogen and oxygen atoms in total. The van der Waals surface area contributed by atoms with Gasteiger partial charge >= 0.3 is 16.3 Å². The Kier molecular flexibility index (Phi) is 6.16. The molecule has 0 aliphatic rings. The summed E-state index contributed by atoms with van der Waals surface area (Å²) in [6.45, 7) is 2.63. The van der Waals surface area contributed by atoms with Gasteiger partial charge in [-0.1, -0.05) is 0 Å². The van der Waals surface area contributed by atoms with Crippen LogP contribution >= 0.6 is 10.7 Å². The van der Waals surface area contributed by atoms with Crippen LogP contribution < -0.4 is 9.44 Å². The number of halogens is 1. The van der Waals surface area contributed by atoms with Crippen molar-refractivity contribution in [2.45, 2.75) is 20.0 Å². The molecule has 0 saturated heterocycles. The predicted octanol–water partition coefficient (Wildman–Crippen LogP) is -0.476. The van der Waals surface area contributed by atoms with Crippen LogP contribution in [-0.2, 0) is 24.0 Å². The van der Waals surface area contributed by atoms with Crippen molar-refractivity contribution in [1.82, 2.24) is 9.44 Å². The van der Waals surface area contributed by atoms with Crippen LogP contribution in [0.4, 0.5) is 4.79 Å². The lowest BCUT2D eigenvalue weighted by Gasteiger charge is -2.10. The van der Waals surface area contributed by atoms with Gasteiger partial charge in [0, 0.05) is 17.2 Å². The molecule has 2 N–H and O–H groups in total. The third-order valence-electron chi connectivity index (χ3n) is 1.20. The van der Waals surface area contributed by atoms with E-state index >= 15 is 0 Å². The van der Waals surface area contributed by atoms with Gasteiger partial charge in [-0.2, -0.15) is 13.1 Å². The minimum absolute atomic E-state index is 0.448. The molecule has 17 heavy (non-hydrogen) atoms. The van der Waals surface area contributed by atoms with Gasteiger partial charge in [-0.15, -0.1) is 0 Å². The maximum absolute atomic E-state index is 11.1. The Hall–Kier alpha value is -0.580. The maximum Gasteiger partial charge on any atom is 0.422 e. The molecule has 1 amide bonds. The fourth-order valence-electron chi connectivity index (χ4n) is 0.682. The highest BCUT2D eigenvalue weighted by atomic mass is 35.7. The molecule has 0 radical (unpaired) electrons. The first-order chi connectivity index (χ1) is 7.52. The Morgan fingerprint density at radius 3 is 2.24 bits per heavy atom. The molecule has 102 valence electrons. The van der Waals surface area contributed by atoms with Crippen LogP contribution in [0.5, 0.6) is 0 Å². The minimum atomic E-state index is -4.15. The summed E-state index contributed by atoms with van der Waals surface area (Å²) in [5.74, 6) is -0.589. The molecule has 0 heterocycles. The zero-order chi connectivity index (χ0) is 13.7. The molecule has 0 aliphatic heterocycles. The van der Waals surface area contributed by atoms with Crippen LogP contribution in [0.1, 0.15) is 13.8 Å². The summed E-state index contributed by atoms with van der Waals surface area (Å²) in [6.07, 6.45) is -1.63. The van der Waals surface area contributed by atoms with Crippen molar-refractivity contribution in [2.75, 3.05) is 12.3 Å². The molecule has 0 atom stereocenters. The van der Waals surface area contributed by atoms with E-state index in [9.17, 15) is 21.6 Å². The van der Waals surface area contributed by atoms with Gasteiger partial charge in [-0.25, -0.2) is 17.9 Å². The third kappa shape index (κ3) is 10.3. The summed E-state index contributed by atoms with van der Waals surface area (Å²) in [4.78, 5) is 10.9. The average molecular weight is 309 g/mol. The topological polar surface area (TPSA) is 119 Å². The van der Waals surface area contributed by atoms with E-state index in [-0.39, 0.29) is 0 Å². The quantitative estimate of drug-likeness (QED) is 0.640. The number of ether oxygens (including phenoxy) is 1. The molecule has 0 unspecified atom stereocenters. The maximum atomic E-state index is 11.1. The smallest absolute Gasteiger partial charge is 0.422 e. The van der Waals surface area contributed by atoms with Crippen molar-refractivity contribution >= 4 is 36.0 Å². The van der Waals surface area contributed by atoms with E-state index in [0.29, 0.717) is 0 Å². The average Bonchev–Trinajstić information content (AvgIpc) is 1.96. The van der Waals surface area contributed by atoms with Crippen LogP contribution in [0, 0.1) is 0 Å². The number of carbonyl (C=O) groups is 1. The Balaban J connectivity index is 4.18. The summed E-state index contributed by atoms with van der Waals surface area (Å²) in [5.41, 5.74) is 0. The van der Waals surface area contributed by atoms with Crippen LogP contribution in [0.2, 0.25) is 0 Å². The number of rotatable bonds is 6. The third-order valence-corrected chi connectivity index (χ3v) is 3.37. The number of carbonyl (C=O) groups excluding carboxylic acids is 1. The van der Waals surface area contributed by atoms with Crippen LogP contribution in [0.3, 0.4) is 0 Å². The number of nitrogens with one attached hydrogen (secondary N) is 2. The highest BCUT2D eigenvalue weighted by Gasteiger charge is 2.16. The molecule has 0 rings (SSSR count). The van der Waals surface area contributed by atoms with Gasteiger partial charge in [-0.05, 0) is 13.8 Å². The summed E-state index contributed by atoms with van der Waals surface area (Å²) < 4.78 is 51.2. The first-order valence-electron chi connectivity index (χ1n) is 4.42. The van der Waals surface area contributed by atoms with Gasteiger partial charge in [0.05, 0.1) is 11.9 Å². The van der Waals surface area contributed by atoms with E-state index in [1.807, 2.05) is 4.72 Å². The minimum Gasteiger partial charge on any atom is -0.446 e. The Morgan fingerprint density at radius 1 is 1.29 bits per heavy atom. The molecular weight excluding hydrogens is 296 g/mol. The lowest BCUT2D eigenvalue weighted by atomic mass is 10.5. The van der Waals surface area contributed by atoms with Gasteiger partial charge < -0.3 is 4.74 Å². The van der Waals surface area contributed by atoms with E-state index < -0.39 is 43.8 Å². The standard InChI is InChI=1S/C6H13ClN2O6S2/c1-5(2)15-6(10)9-17(13,14)8-3-4-16(7,11)12/h5,8H,3-4H2,1-2H3,(H,9,10). The largest absolute Gasteiger partial charge is 0.446 e. The lowest BCUT2D eigenvalue weighted by Crippen LogP contribution is -2.42. The van der Waals surface area contributed by atoms with E-state index in [0.717, 1.165) is 0 Å². The Labute approximate surface area is 104 Å². The molecule has 11 heteroatoms. The second-order valence-electron chi connectivity index (χ2n) is 3.20. The molecule has 0 bridgehead atoms. The van der Waals surface area contributed by atoms with Gasteiger partial charge in [0.25, 0.3) is 0 Å². The number of hydrogen-bond acceptors (Lipinski definition) is 6. The van der Waals surface area contributed by atoms with Crippen molar-refractivity contribution in [2.24, 2.45) is 0 Å². The normalized spacial score (nSPS) is 12.5. The van der Waals surface area contributed by atoms with Gasteiger partial charge in [0.15, 0.2) is 0 Å². The van der Waals surface area contributed by atoms with E-state index in [1.54, 1.807) is 13.8 Å². The summed E-state index contributed by atoms with van der Waals surface area (Å²) in [6, 6.07) is 0. The molecule has 0 aromatic heterocycles. The van der Waals surface area contributed by atoms with Crippen LogP contribution in [0.15, 0.2) is 0 Å². The zero-order valence-corrected chi connectivity index (χ0v) is 11.5. The van der Waals surface area contributed by atoms with Crippen molar-refractivity contribution in [3.05, 3.63) is 0 Å². The molecule has 0 aliphatic carbocycles. The zero-order valence-electron chi connectivity index (χ0n) is 9.14. The highest BCUT2D eigenvalue weighted by molar-refractivity contribution is 8.13. The molecule has 0 fully saturated rings.